The van der Waals surface area contributed by atoms with E-state index in [-0.39, 0.29) is 6.04 Å². The first-order valence-corrected chi connectivity index (χ1v) is 8.03. The van der Waals surface area contributed by atoms with Crippen LogP contribution in [0.5, 0.6) is 0 Å². The largest absolute Gasteiger partial charge is 0.387 e. The van der Waals surface area contributed by atoms with Crippen LogP contribution in [0.3, 0.4) is 0 Å². The molecule has 1 aliphatic heterocycles. The number of thiophene rings is 1. The molecule has 1 atom stereocenters. The van der Waals surface area contributed by atoms with Gasteiger partial charge in [-0.2, -0.15) is 0 Å². The molecule has 0 aliphatic carbocycles. The Hall–Kier alpha value is -1.78. The summed E-state index contributed by atoms with van der Waals surface area (Å²) in [7, 11) is 0. The number of nitrogens with two attached hydrogens (primary N) is 1. The van der Waals surface area contributed by atoms with Crippen molar-refractivity contribution >= 4 is 11.3 Å². The van der Waals surface area contributed by atoms with Gasteiger partial charge in [0, 0.05) is 15.8 Å². The Morgan fingerprint density at radius 1 is 1.29 bits per heavy atom. The number of hydroxylamine groups is 2. The van der Waals surface area contributed by atoms with Gasteiger partial charge in [-0.3, -0.25) is 0 Å². The van der Waals surface area contributed by atoms with Crippen molar-refractivity contribution in [3.63, 3.8) is 0 Å². The van der Waals surface area contributed by atoms with Gasteiger partial charge in [-0.15, -0.1) is 16.4 Å². The van der Waals surface area contributed by atoms with Crippen LogP contribution >= 0.6 is 11.3 Å². The number of aryl methyl sites for hydroxylation is 2. The summed E-state index contributed by atoms with van der Waals surface area (Å²) < 4.78 is 0. The molecule has 0 bridgehead atoms. The lowest BCUT2D eigenvalue weighted by Gasteiger charge is -2.22. The molecule has 21 heavy (non-hydrogen) atoms. The van der Waals surface area contributed by atoms with Crippen LogP contribution in [0, 0.1) is 6.92 Å². The zero-order valence-electron chi connectivity index (χ0n) is 12.4. The molecule has 3 nitrogen and oxygen atoms in total. The lowest BCUT2D eigenvalue weighted by atomic mass is 10.1. The maximum Gasteiger partial charge on any atom is 0.207 e. The zero-order valence-corrected chi connectivity index (χ0v) is 13.2. The summed E-state index contributed by atoms with van der Waals surface area (Å²) in [6.07, 6.45) is 3.05. The summed E-state index contributed by atoms with van der Waals surface area (Å²) in [5.74, 6) is 0.485. The fraction of sp³-hybridized carbons (Fsp3) is 0.294. The van der Waals surface area contributed by atoms with E-state index in [1.165, 1.54) is 20.9 Å². The minimum Gasteiger partial charge on any atom is -0.387 e. The second-order valence-electron chi connectivity index (χ2n) is 5.33. The van der Waals surface area contributed by atoms with Crippen LogP contribution in [0.1, 0.15) is 33.8 Å². The predicted octanol–water partition coefficient (Wildman–Crippen LogP) is 3.91. The predicted molar refractivity (Wildman–Crippen MR) is 86.5 cm³/mol. The SMILES string of the molecule is CCc1ccc(C2C=C(N)ON2Cc2cccc(C)c2)s1. The molecule has 1 aliphatic rings. The van der Waals surface area contributed by atoms with Gasteiger partial charge in [-0.05, 0) is 31.0 Å². The van der Waals surface area contributed by atoms with Crippen LogP contribution in [-0.2, 0) is 17.8 Å². The van der Waals surface area contributed by atoms with Gasteiger partial charge in [0.25, 0.3) is 0 Å². The van der Waals surface area contributed by atoms with E-state index in [1.807, 2.05) is 22.5 Å². The molecule has 0 fully saturated rings. The highest BCUT2D eigenvalue weighted by Gasteiger charge is 2.28. The van der Waals surface area contributed by atoms with Crippen molar-refractivity contribution in [2.24, 2.45) is 5.73 Å². The molecule has 0 amide bonds. The van der Waals surface area contributed by atoms with E-state index in [4.69, 9.17) is 10.6 Å². The van der Waals surface area contributed by atoms with E-state index in [9.17, 15) is 0 Å². The van der Waals surface area contributed by atoms with Crippen molar-refractivity contribution in [1.29, 1.82) is 0 Å². The lowest BCUT2D eigenvalue weighted by Crippen LogP contribution is -2.22. The average Bonchev–Trinajstić information content (AvgIpc) is 3.05. The molecule has 2 aromatic rings. The van der Waals surface area contributed by atoms with Crippen molar-refractivity contribution in [2.75, 3.05) is 0 Å². The topological polar surface area (TPSA) is 38.5 Å². The molecule has 1 aromatic heterocycles. The summed E-state index contributed by atoms with van der Waals surface area (Å²) in [6.45, 7) is 5.00. The highest BCUT2D eigenvalue weighted by molar-refractivity contribution is 7.12. The van der Waals surface area contributed by atoms with Crippen molar-refractivity contribution in [3.05, 3.63) is 69.2 Å². The minimum atomic E-state index is 0.107. The van der Waals surface area contributed by atoms with E-state index >= 15 is 0 Å². The Bertz CT molecular complexity index is 662. The van der Waals surface area contributed by atoms with Crippen molar-refractivity contribution in [2.45, 2.75) is 32.9 Å². The quantitative estimate of drug-likeness (QED) is 0.930. The van der Waals surface area contributed by atoms with E-state index in [0.717, 1.165) is 13.0 Å². The smallest absolute Gasteiger partial charge is 0.207 e. The van der Waals surface area contributed by atoms with Gasteiger partial charge in [-0.1, -0.05) is 36.8 Å². The summed E-state index contributed by atoms with van der Waals surface area (Å²) >= 11 is 1.83. The molecule has 0 radical (unpaired) electrons. The van der Waals surface area contributed by atoms with E-state index in [0.29, 0.717) is 5.88 Å². The minimum absolute atomic E-state index is 0.107. The fourth-order valence-electron chi connectivity index (χ4n) is 2.55. The maximum absolute atomic E-state index is 5.88. The number of rotatable bonds is 4. The molecule has 0 saturated heterocycles. The number of nitrogens with zero attached hydrogens (tertiary/aromatic N) is 1. The number of hydrogen-bond acceptors (Lipinski definition) is 4. The first-order chi connectivity index (χ1) is 10.2. The molecule has 110 valence electrons. The van der Waals surface area contributed by atoms with Crippen LogP contribution in [0.15, 0.2) is 48.4 Å². The highest BCUT2D eigenvalue weighted by Crippen LogP contribution is 2.35. The standard InChI is InChI=1S/C17H20N2OS/c1-3-14-7-8-16(21-14)15-10-17(18)20-19(15)11-13-6-4-5-12(2)9-13/h4-10,15H,3,11,18H2,1-2H3. The fourth-order valence-corrected chi connectivity index (χ4v) is 3.58. The van der Waals surface area contributed by atoms with E-state index < -0.39 is 0 Å². The molecule has 0 spiro atoms. The third-order valence-corrected chi connectivity index (χ3v) is 4.90. The lowest BCUT2D eigenvalue weighted by molar-refractivity contribution is -0.127. The van der Waals surface area contributed by atoms with Crippen LogP contribution in [0.4, 0.5) is 0 Å². The molecular formula is C17H20N2OS. The van der Waals surface area contributed by atoms with Gasteiger partial charge >= 0.3 is 0 Å². The molecular weight excluding hydrogens is 280 g/mol. The molecule has 1 unspecified atom stereocenters. The van der Waals surface area contributed by atoms with Crippen molar-refractivity contribution < 1.29 is 4.84 Å². The maximum atomic E-state index is 5.88. The zero-order chi connectivity index (χ0) is 14.8. The Morgan fingerprint density at radius 3 is 2.86 bits per heavy atom. The molecule has 2 N–H and O–H groups in total. The third kappa shape index (κ3) is 3.12. The Morgan fingerprint density at radius 2 is 2.14 bits per heavy atom. The normalized spacial score (nSPS) is 18.6. The van der Waals surface area contributed by atoms with Gasteiger partial charge in [-0.25, -0.2) is 0 Å². The Labute approximate surface area is 129 Å². The Kier molecular flexibility index (Phi) is 3.99. The number of benzene rings is 1. The monoisotopic (exact) mass is 300 g/mol. The Balaban J connectivity index is 1.81. The van der Waals surface area contributed by atoms with Gasteiger partial charge in [0.15, 0.2) is 0 Å². The summed E-state index contributed by atoms with van der Waals surface area (Å²) in [4.78, 5) is 8.36. The summed E-state index contributed by atoms with van der Waals surface area (Å²) in [6, 6.07) is 13.0. The number of hydrogen-bond donors (Lipinski definition) is 1. The summed E-state index contributed by atoms with van der Waals surface area (Å²) in [5.41, 5.74) is 8.37. The van der Waals surface area contributed by atoms with Crippen molar-refractivity contribution in [3.8, 4) is 0 Å². The molecule has 0 saturated carbocycles. The van der Waals surface area contributed by atoms with Gasteiger partial charge in [0.1, 0.15) is 6.04 Å². The second kappa shape index (κ2) is 5.92. The van der Waals surface area contributed by atoms with Gasteiger partial charge in [0.2, 0.25) is 5.88 Å². The van der Waals surface area contributed by atoms with Crippen LogP contribution in [0.2, 0.25) is 0 Å². The third-order valence-electron chi connectivity index (χ3n) is 3.60. The highest BCUT2D eigenvalue weighted by atomic mass is 32.1. The summed E-state index contributed by atoms with van der Waals surface area (Å²) in [5, 5.41) is 1.95. The molecule has 1 aromatic carbocycles. The molecule has 4 heteroatoms. The second-order valence-corrected chi connectivity index (χ2v) is 6.53. The van der Waals surface area contributed by atoms with Gasteiger partial charge in [0.05, 0.1) is 6.54 Å². The van der Waals surface area contributed by atoms with Crippen molar-refractivity contribution in [1.82, 2.24) is 5.06 Å². The van der Waals surface area contributed by atoms with Crippen LogP contribution in [0.25, 0.3) is 0 Å². The van der Waals surface area contributed by atoms with E-state index in [2.05, 4.69) is 50.2 Å². The van der Waals surface area contributed by atoms with E-state index in [1.54, 1.807) is 0 Å². The average molecular weight is 300 g/mol. The first-order valence-electron chi connectivity index (χ1n) is 7.21. The van der Waals surface area contributed by atoms with Crippen LogP contribution in [-0.4, -0.2) is 5.06 Å². The first kappa shape index (κ1) is 14.2. The van der Waals surface area contributed by atoms with Gasteiger partial charge < -0.3 is 10.6 Å². The molecule has 3 rings (SSSR count). The van der Waals surface area contributed by atoms with Crippen LogP contribution < -0.4 is 5.73 Å². The molecule has 2 heterocycles.